The Balaban J connectivity index is 1.79. The maximum Gasteiger partial charge on any atom is 0.327 e. The van der Waals surface area contributed by atoms with E-state index in [1.807, 2.05) is 12.1 Å². The highest BCUT2D eigenvalue weighted by atomic mass is 17.2. The summed E-state index contributed by atoms with van der Waals surface area (Å²) >= 11 is 0. The molecule has 1 aromatic rings. The topological polar surface area (TPSA) is 51.2 Å². The van der Waals surface area contributed by atoms with Crippen molar-refractivity contribution >= 4 is 0 Å². The Morgan fingerprint density at radius 3 is 3.23 bits per heavy atom. The predicted molar refractivity (Wildman–Crippen MR) is 75.6 cm³/mol. The van der Waals surface area contributed by atoms with Gasteiger partial charge >= 0.3 is 5.79 Å². The highest BCUT2D eigenvalue weighted by Crippen LogP contribution is 2.68. The third-order valence-electron chi connectivity index (χ3n) is 6.28. The quantitative estimate of drug-likeness (QED) is 0.585. The molecule has 1 aromatic carbocycles. The number of aliphatic hydroxyl groups excluding tert-OH is 1. The molecule has 3 heterocycles. The Kier molecular flexibility index (Phi) is 1.69. The van der Waals surface area contributed by atoms with E-state index in [-0.39, 0.29) is 11.7 Å². The number of benzene rings is 1. The highest BCUT2D eigenvalue weighted by Gasteiger charge is 2.75. The summed E-state index contributed by atoms with van der Waals surface area (Å²) in [6, 6.07) is 4.38. The molecule has 0 amide bonds. The van der Waals surface area contributed by atoms with E-state index in [4.69, 9.17) is 14.5 Å². The third kappa shape index (κ3) is 0.909. The molecule has 0 aromatic heterocycles. The van der Waals surface area contributed by atoms with E-state index >= 15 is 0 Å². The zero-order valence-electron chi connectivity index (χ0n) is 12.1. The number of nitrogens with zero attached hydrogens (tertiary/aromatic N) is 1. The van der Waals surface area contributed by atoms with Crippen molar-refractivity contribution in [3.05, 3.63) is 40.8 Å². The zero-order chi connectivity index (χ0) is 14.7. The van der Waals surface area contributed by atoms with Gasteiger partial charge in [-0.05, 0) is 44.1 Å². The first-order chi connectivity index (χ1) is 10.7. The van der Waals surface area contributed by atoms with Gasteiger partial charge in [0.2, 0.25) is 11.5 Å². The van der Waals surface area contributed by atoms with Crippen LogP contribution >= 0.6 is 0 Å². The smallest absolute Gasteiger partial charge is 0.327 e. The van der Waals surface area contributed by atoms with Crippen LogP contribution in [0.15, 0.2) is 29.7 Å². The van der Waals surface area contributed by atoms with Gasteiger partial charge in [0, 0.05) is 17.5 Å². The predicted octanol–water partition coefficient (Wildman–Crippen LogP) is 1.82. The largest absolute Gasteiger partial charge is 0.499 e. The molecule has 0 saturated carbocycles. The molecule has 0 radical (unpaired) electrons. The van der Waals surface area contributed by atoms with Gasteiger partial charge in [-0.1, -0.05) is 11.8 Å². The first-order valence-corrected chi connectivity index (χ1v) is 7.75. The zero-order valence-corrected chi connectivity index (χ0v) is 12.1. The van der Waals surface area contributed by atoms with Gasteiger partial charge < -0.3 is 19.6 Å². The molecule has 0 unspecified atom stereocenters. The molecule has 112 valence electrons. The summed E-state index contributed by atoms with van der Waals surface area (Å²) in [6.07, 6.45) is 3.85. The maximum absolute atomic E-state index is 10.6. The second kappa shape index (κ2) is 3.20. The summed E-state index contributed by atoms with van der Waals surface area (Å²) in [7, 11) is 2.16. The van der Waals surface area contributed by atoms with Crippen LogP contribution in [0.5, 0.6) is 11.5 Å². The van der Waals surface area contributed by atoms with Gasteiger partial charge in [0.1, 0.15) is 0 Å². The average Bonchev–Trinajstić information content (AvgIpc) is 2.80. The van der Waals surface area contributed by atoms with Crippen LogP contribution in [0, 0.1) is 5.92 Å². The van der Waals surface area contributed by atoms with Crippen LogP contribution in [0.4, 0.5) is 0 Å². The van der Waals surface area contributed by atoms with Crippen LogP contribution in [0.3, 0.4) is 0 Å². The second-order valence-corrected chi connectivity index (χ2v) is 6.97. The van der Waals surface area contributed by atoms with Gasteiger partial charge in [-0.2, -0.15) is 0 Å². The molecule has 1 N–H and O–H groups in total. The Morgan fingerprint density at radius 1 is 1.41 bits per heavy atom. The molecule has 4 bridgehead atoms. The number of hydrogen-bond acceptors (Lipinski definition) is 5. The van der Waals surface area contributed by atoms with Crippen molar-refractivity contribution in [2.24, 2.45) is 5.92 Å². The molecule has 1 saturated heterocycles. The van der Waals surface area contributed by atoms with E-state index in [9.17, 15) is 5.11 Å². The Labute approximate surface area is 127 Å². The lowest BCUT2D eigenvalue weighted by molar-refractivity contribution is -0.385. The molecule has 5 aliphatic rings. The van der Waals surface area contributed by atoms with Gasteiger partial charge in [-0.25, -0.2) is 0 Å². The lowest BCUT2D eigenvalue weighted by Crippen LogP contribution is -2.68. The second-order valence-electron chi connectivity index (χ2n) is 6.97. The molecule has 5 nitrogen and oxygen atoms in total. The van der Waals surface area contributed by atoms with Crippen molar-refractivity contribution in [3.63, 3.8) is 0 Å². The third-order valence-corrected chi connectivity index (χ3v) is 6.28. The monoisotopic (exact) mass is 297 g/mol. The Morgan fingerprint density at radius 2 is 2.32 bits per heavy atom. The number of likely N-dealkylation sites (tertiary alicyclic amines) is 1. The summed E-state index contributed by atoms with van der Waals surface area (Å²) in [5.74, 6) is 0.282. The van der Waals surface area contributed by atoms with E-state index in [0.717, 1.165) is 25.1 Å². The molecular weight excluding hydrogens is 282 g/mol. The van der Waals surface area contributed by atoms with Gasteiger partial charge in [0.25, 0.3) is 0 Å². The minimum absolute atomic E-state index is 0.0123. The van der Waals surface area contributed by atoms with E-state index in [2.05, 4.69) is 23.7 Å². The first-order valence-electron chi connectivity index (χ1n) is 7.75. The van der Waals surface area contributed by atoms with E-state index in [1.165, 1.54) is 11.1 Å². The van der Waals surface area contributed by atoms with Crippen LogP contribution in [-0.4, -0.2) is 35.4 Å². The van der Waals surface area contributed by atoms with Crippen molar-refractivity contribution < 1.29 is 19.6 Å². The minimum atomic E-state index is -1.27. The van der Waals surface area contributed by atoms with E-state index in [0.29, 0.717) is 11.8 Å². The SMILES string of the molecule is CN1CC[C@]23c4c5ccc6c4O[C@@]2(OO6)C(O)=C=C[C@H]3[C@H]1C5. The van der Waals surface area contributed by atoms with Crippen molar-refractivity contribution in [2.45, 2.75) is 30.1 Å². The summed E-state index contributed by atoms with van der Waals surface area (Å²) < 4.78 is 6.20. The normalized spacial score (nSPS) is 42.5. The maximum atomic E-state index is 10.6. The van der Waals surface area contributed by atoms with Crippen molar-refractivity contribution in [1.82, 2.24) is 4.90 Å². The summed E-state index contributed by atoms with van der Waals surface area (Å²) in [5, 5.41) is 10.6. The summed E-state index contributed by atoms with van der Waals surface area (Å²) in [4.78, 5) is 13.6. The summed E-state index contributed by atoms with van der Waals surface area (Å²) in [5.41, 5.74) is 5.03. The molecule has 22 heavy (non-hydrogen) atoms. The van der Waals surface area contributed by atoms with Crippen LogP contribution in [0.1, 0.15) is 17.5 Å². The average molecular weight is 297 g/mol. The van der Waals surface area contributed by atoms with Crippen molar-refractivity contribution in [3.8, 4) is 11.5 Å². The van der Waals surface area contributed by atoms with Crippen molar-refractivity contribution in [2.75, 3.05) is 13.6 Å². The van der Waals surface area contributed by atoms with Crippen molar-refractivity contribution in [1.29, 1.82) is 0 Å². The van der Waals surface area contributed by atoms with Gasteiger partial charge in [0.05, 0.1) is 5.41 Å². The molecule has 6 rings (SSSR count). The Bertz CT molecular complexity index is 811. The van der Waals surface area contributed by atoms with Gasteiger partial charge in [0.15, 0.2) is 5.75 Å². The summed E-state index contributed by atoms with van der Waals surface area (Å²) in [6.45, 7) is 0.944. The highest BCUT2D eigenvalue weighted by molar-refractivity contribution is 5.64. The standard InChI is InChI=1S/C17H15NO4/c1-18-7-6-16-10-3-5-13(19)17(16)20-15-12(21-22-17)4-2-9(14(15)16)8-11(10)18/h2-4,10-11,19H,6-8H2,1H3/t10-,11+,16-,17+/m0/s1. The van der Waals surface area contributed by atoms with Gasteiger partial charge in [-0.3, -0.25) is 0 Å². The fourth-order valence-corrected chi connectivity index (χ4v) is 5.31. The minimum Gasteiger partial charge on any atom is -0.499 e. The fourth-order valence-electron chi connectivity index (χ4n) is 5.31. The fraction of sp³-hybridized carbons (Fsp3) is 0.471. The number of likely N-dealkylation sites (N-methyl/N-ethyl adjacent to an activating group) is 1. The molecule has 2 spiro atoms. The number of ether oxygens (including phenoxy) is 1. The molecular formula is C17H15NO4. The number of hydrogen-bond donors (Lipinski definition) is 1. The van der Waals surface area contributed by atoms with E-state index < -0.39 is 11.2 Å². The van der Waals surface area contributed by atoms with E-state index in [1.54, 1.807) is 0 Å². The van der Waals surface area contributed by atoms with Crippen LogP contribution in [-0.2, 0) is 16.7 Å². The number of rotatable bonds is 0. The molecule has 2 aliphatic carbocycles. The first kappa shape index (κ1) is 11.6. The molecule has 4 atom stereocenters. The lowest BCUT2D eigenvalue weighted by atomic mass is 9.53. The van der Waals surface area contributed by atoms with Crippen LogP contribution < -0.4 is 9.62 Å². The molecule has 1 fully saturated rings. The Hall–Kier alpha value is -1.94. The molecule has 5 heteroatoms. The van der Waals surface area contributed by atoms with Crippen LogP contribution in [0.2, 0.25) is 0 Å². The molecule has 3 aliphatic heterocycles. The number of piperidine rings is 1. The van der Waals surface area contributed by atoms with Gasteiger partial charge in [-0.15, -0.1) is 4.89 Å². The lowest BCUT2D eigenvalue weighted by Gasteiger charge is -2.56. The van der Waals surface area contributed by atoms with Crippen LogP contribution in [0.25, 0.3) is 0 Å². The number of aliphatic hydroxyl groups is 1.